The van der Waals surface area contributed by atoms with Gasteiger partial charge < -0.3 is 4.43 Å². The third kappa shape index (κ3) is 6.99. The summed E-state index contributed by atoms with van der Waals surface area (Å²) in [7, 11) is 0.521. The second kappa shape index (κ2) is 12.3. The van der Waals surface area contributed by atoms with Crippen LogP contribution in [0.25, 0.3) is 0 Å². The summed E-state index contributed by atoms with van der Waals surface area (Å²) in [5, 5.41) is 0. The van der Waals surface area contributed by atoms with E-state index in [0.29, 0.717) is 16.4 Å². The van der Waals surface area contributed by atoms with Gasteiger partial charge in [0.25, 0.3) is 5.97 Å². The van der Waals surface area contributed by atoms with Gasteiger partial charge in [0.05, 0.1) is 5.41 Å². The van der Waals surface area contributed by atoms with E-state index in [1.807, 2.05) is 0 Å². The van der Waals surface area contributed by atoms with Gasteiger partial charge in [-0.15, -0.1) is 0 Å². The van der Waals surface area contributed by atoms with Crippen molar-refractivity contribution < 1.29 is 9.22 Å². The fourth-order valence-corrected chi connectivity index (χ4v) is 3.85. The van der Waals surface area contributed by atoms with Gasteiger partial charge in [-0.05, 0) is 25.2 Å². The number of carbonyl (C=O) groups is 1. The van der Waals surface area contributed by atoms with Gasteiger partial charge in [0.1, 0.15) is 0 Å². The predicted octanol–water partition coefficient (Wildman–Crippen LogP) is 4.78. The van der Waals surface area contributed by atoms with E-state index in [4.69, 9.17) is 4.43 Å². The monoisotopic (exact) mass is 314 g/mol. The van der Waals surface area contributed by atoms with Crippen molar-refractivity contribution in [3.63, 3.8) is 0 Å². The molecule has 0 amide bonds. The van der Waals surface area contributed by atoms with Crippen molar-refractivity contribution in [3.05, 3.63) is 0 Å². The Kier molecular flexibility index (Phi) is 12.1. The lowest BCUT2D eigenvalue weighted by atomic mass is 9.69. The van der Waals surface area contributed by atoms with Gasteiger partial charge in [-0.2, -0.15) is 0 Å². The average Bonchev–Trinajstić information content (AvgIpc) is 2.51. The molecule has 21 heavy (non-hydrogen) atoms. The van der Waals surface area contributed by atoms with Crippen LogP contribution in [0.5, 0.6) is 0 Å². The van der Waals surface area contributed by atoms with Crippen molar-refractivity contribution in [2.45, 2.75) is 98.3 Å². The van der Waals surface area contributed by atoms with Crippen molar-refractivity contribution >= 4 is 16.5 Å². The molecule has 0 saturated carbocycles. The van der Waals surface area contributed by atoms with Gasteiger partial charge in [0, 0.05) is 0 Å². The zero-order valence-corrected chi connectivity index (χ0v) is 17.2. The molecule has 0 bridgehead atoms. The van der Waals surface area contributed by atoms with Crippen LogP contribution in [0.15, 0.2) is 0 Å². The van der Waals surface area contributed by atoms with Crippen LogP contribution < -0.4 is 0 Å². The summed E-state index contributed by atoms with van der Waals surface area (Å²) in [4.78, 5) is 12.5. The summed E-state index contributed by atoms with van der Waals surface area (Å²) < 4.78 is 5.31. The van der Waals surface area contributed by atoms with Gasteiger partial charge in [-0.1, -0.05) is 79.1 Å². The highest BCUT2D eigenvalue weighted by Gasteiger charge is 2.41. The molecule has 126 valence electrons. The molecule has 0 N–H and O–H groups in total. The van der Waals surface area contributed by atoms with Crippen LogP contribution in [0.4, 0.5) is 0 Å². The molecule has 0 aromatic heterocycles. The summed E-state index contributed by atoms with van der Waals surface area (Å²) in [6.45, 7) is 8.91. The molecule has 0 aliphatic rings. The molecule has 0 rings (SSSR count). The number of unbranched alkanes of at least 4 members (excludes halogenated alkanes) is 6. The van der Waals surface area contributed by atoms with Gasteiger partial charge in [0.2, 0.25) is 10.5 Å². The quantitative estimate of drug-likeness (QED) is 0.361. The fourth-order valence-electron chi connectivity index (χ4n) is 3.44. The zero-order chi connectivity index (χ0) is 16.1. The maximum Gasteiger partial charge on any atom is 0.298 e. The van der Waals surface area contributed by atoms with E-state index >= 15 is 0 Å². The standard InChI is InChI=1S/C18H38O2Si/c1-5-8-10-12-14-16(4)18(7-3,17(19)20-21)15-13-11-9-6-2/h16H,5-15H2,1-4,21H3. The molecule has 0 radical (unpaired) electrons. The summed E-state index contributed by atoms with van der Waals surface area (Å²) >= 11 is 0. The SMILES string of the molecule is CCCCCCC(C)C(CC)(CCCCCC)C(=O)O[SiH3]. The number of rotatable bonds is 13. The highest BCUT2D eigenvalue weighted by molar-refractivity contribution is 6.06. The number of hydrogen-bond acceptors (Lipinski definition) is 2. The van der Waals surface area contributed by atoms with E-state index in [1.54, 1.807) is 0 Å². The minimum Gasteiger partial charge on any atom is -0.528 e. The van der Waals surface area contributed by atoms with Crippen molar-refractivity contribution in [2.24, 2.45) is 11.3 Å². The van der Waals surface area contributed by atoms with Crippen LogP contribution in [0, 0.1) is 11.3 Å². The first-order valence-corrected chi connectivity index (χ1v) is 9.99. The lowest BCUT2D eigenvalue weighted by molar-refractivity contribution is -0.150. The molecule has 2 unspecified atom stereocenters. The van der Waals surface area contributed by atoms with Crippen LogP contribution >= 0.6 is 0 Å². The first-order chi connectivity index (χ1) is 10.1. The van der Waals surface area contributed by atoms with Gasteiger partial charge >= 0.3 is 0 Å². The van der Waals surface area contributed by atoms with Gasteiger partial charge in [-0.25, -0.2) is 0 Å². The number of hydrogen-bond donors (Lipinski definition) is 0. The second-order valence-electron chi connectivity index (χ2n) is 6.56. The summed E-state index contributed by atoms with van der Waals surface area (Å²) in [5.41, 5.74) is -0.221. The van der Waals surface area contributed by atoms with E-state index in [2.05, 4.69) is 27.7 Å². The third-order valence-electron chi connectivity index (χ3n) is 5.13. The largest absolute Gasteiger partial charge is 0.528 e. The normalized spacial score (nSPS) is 15.6. The Morgan fingerprint density at radius 2 is 1.57 bits per heavy atom. The van der Waals surface area contributed by atoms with Crippen LogP contribution in [-0.2, 0) is 9.22 Å². The molecule has 0 aromatic rings. The minimum absolute atomic E-state index is 0.0798. The van der Waals surface area contributed by atoms with Crippen LogP contribution in [0.1, 0.15) is 98.3 Å². The van der Waals surface area contributed by atoms with E-state index in [9.17, 15) is 4.79 Å². The Morgan fingerprint density at radius 1 is 1.00 bits per heavy atom. The highest BCUT2D eigenvalue weighted by atomic mass is 28.2. The molecule has 0 fully saturated rings. The Bertz CT molecular complexity index is 268. The smallest absolute Gasteiger partial charge is 0.298 e. The molecule has 0 aliphatic heterocycles. The lowest BCUT2D eigenvalue weighted by Gasteiger charge is -2.36. The summed E-state index contributed by atoms with van der Waals surface area (Å²) in [5.74, 6) is 0.526. The highest BCUT2D eigenvalue weighted by Crippen LogP contribution is 2.41. The maximum atomic E-state index is 12.5. The molecular weight excluding hydrogens is 276 g/mol. The molecule has 0 heterocycles. The van der Waals surface area contributed by atoms with Crippen molar-refractivity contribution in [1.29, 1.82) is 0 Å². The van der Waals surface area contributed by atoms with Crippen LogP contribution in [0.2, 0.25) is 0 Å². The summed E-state index contributed by atoms with van der Waals surface area (Å²) in [6.07, 6.45) is 13.2. The van der Waals surface area contributed by atoms with Crippen molar-refractivity contribution in [1.82, 2.24) is 0 Å². The Balaban J connectivity index is 4.63. The lowest BCUT2D eigenvalue weighted by Crippen LogP contribution is -2.38. The van der Waals surface area contributed by atoms with Gasteiger partial charge in [0.15, 0.2) is 0 Å². The predicted molar refractivity (Wildman–Crippen MR) is 95.4 cm³/mol. The van der Waals surface area contributed by atoms with E-state index in [-0.39, 0.29) is 11.4 Å². The average molecular weight is 315 g/mol. The topological polar surface area (TPSA) is 26.3 Å². The molecule has 2 atom stereocenters. The number of carbonyl (C=O) groups excluding carboxylic acids is 1. The molecule has 0 saturated heterocycles. The van der Waals surface area contributed by atoms with Crippen molar-refractivity contribution in [3.8, 4) is 0 Å². The van der Waals surface area contributed by atoms with Crippen molar-refractivity contribution in [2.75, 3.05) is 0 Å². The van der Waals surface area contributed by atoms with Gasteiger partial charge in [-0.3, -0.25) is 4.79 Å². The maximum absolute atomic E-state index is 12.5. The Morgan fingerprint density at radius 3 is 2.05 bits per heavy atom. The summed E-state index contributed by atoms with van der Waals surface area (Å²) in [6, 6.07) is 0. The Labute approximate surface area is 136 Å². The molecule has 0 aliphatic carbocycles. The van der Waals surface area contributed by atoms with E-state index in [1.165, 1.54) is 44.9 Å². The van der Waals surface area contributed by atoms with Crippen LogP contribution in [0.3, 0.4) is 0 Å². The van der Waals surface area contributed by atoms with E-state index in [0.717, 1.165) is 25.7 Å². The van der Waals surface area contributed by atoms with Crippen LogP contribution in [-0.4, -0.2) is 16.5 Å². The molecule has 3 heteroatoms. The zero-order valence-electron chi connectivity index (χ0n) is 15.2. The Hall–Kier alpha value is -0.313. The molecule has 0 aromatic carbocycles. The first-order valence-electron chi connectivity index (χ1n) is 9.17. The van der Waals surface area contributed by atoms with E-state index < -0.39 is 0 Å². The molecule has 0 spiro atoms. The minimum atomic E-state index is -0.221. The molecule has 2 nitrogen and oxygen atoms in total. The first kappa shape index (κ1) is 20.7. The third-order valence-corrected chi connectivity index (χ3v) is 5.50. The molecular formula is C18H38O2Si. The second-order valence-corrected chi connectivity index (χ2v) is 6.97. The fraction of sp³-hybridized carbons (Fsp3) is 0.944.